The second kappa shape index (κ2) is 11.4. The third-order valence-electron chi connectivity index (χ3n) is 4.82. The summed E-state index contributed by atoms with van der Waals surface area (Å²) in [6.07, 6.45) is 1.77. The van der Waals surface area contributed by atoms with Gasteiger partial charge in [0.2, 0.25) is 0 Å². The van der Waals surface area contributed by atoms with Crippen LogP contribution in [0.3, 0.4) is 0 Å². The van der Waals surface area contributed by atoms with Crippen LogP contribution in [0.4, 0.5) is 4.79 Å². The van der Waals surface area contributed by atoms with Crippen LogP contribution in [-0.2, 0) is 24.2 Å². The number of hydrogen-bond donors (Lipinski definition) is 2. The van der Waals surface area contributed by atoms with Crippen LogP contribution in [0.25, 0.3) is 0 Å². The Hall–Kier alpha value is -2.63. The number of nitrogens with one attached hydrogen (secondary N) is 1. The SMILES string of the molecule is O=C(NC(Cc1ccccc1)C(O)CCCc1ccccc1)OCc1ccsc1. The molecule has 0 saturated heterocycles. The zero-order valence-electron chi connectivity index (χ0n) is 16.4. The molecule has 0 spiro atoms. The highest BCUT2D eigenvalue weighted by molar-refractivity contribution is 7.07. The number of benzene rings is 2. The number of rotatable bonds is 10. The lowest BCUT2D eigenvalue weighted by Crippen LogP contribution is -2.45. The molecule has 5 heteroatoms. The molecule has 0 aliphatic rings. The number of carbonyl (C=O) groups excluding carboxylic acids is 1. The summed E-state index contributed by atoms with van der Waals surface area (Å²) in [5.41, 5.74) is 3.29. The number of aliphatic hydroxyl groups is 1. The first-order chi connectivity index (χ1) is 14.2. The predicted molar refractivity (Wildman–Crippen MR) is 117 cm³/mol. The van der Waals surface area contributed by atoms with Crippen LogP contribution >= 0.6 is 11.3 Å². The average Bonchev–Trinajstić information content (AvgIpc) is 3.27. The van der Waals surface area contributed by atoms with Crippen molar-refractivity contribution >= 4 is 17.4 Å². The van der Waals surface area contributed by atoms with Crippen LogP contribution in [0.5, 0.6) is 0 Å². The minimum absolute atomic E-state index is 0.234. The maximum atomic E-state index is 12.3. The quantitative estimate of drug-likeness (QED) is 0.497. The molecule has 152 valence electrons. The number of aliphatic hydroxyl groups excluding tert-OH is 1. The van der Waals surface area contributed by atoms with Gasteiger partial charge >= 0.3 is 6.09 Å². The van der Waals surface area contributed by atoms with Gasteiger partial charge in [0.05, 0.1) is 12.1 Å². The first-order valence-electron chi connectivity index (χ1n) is 9.91. The van der Waals surface area contributed by atoms with E-state index in [4.69, 9.17) is 4.74 Å². The fourth-order valence-corrected chi connectivity index (χ4v) is 3.88. The monoisotopic (exact) mass is 409 g/mol. The van der Waals surface area contributed by atoms with Gasteiger partial charge in [-0.2, -0.15) is 11.3 Å². The Labute approximate surface area is 176 Å². The summed E-state index contributed by atoms with van der Waals surface area (Å²) in [5.74, 6) is 0. The molecule has 1 amide bonds. The molecule has 0 aliphatic carbocycles. The highest BCUT2D eigenvalue weighted by Crippen LogP contribution is 2.13. The summed E-state index contributed by atoms with van der Waals surface area (Å²) in [4.78, 5) is 12.3. The van der Waals surface area contributed by atoms with Gasteiger partial charge in [-0.05, 0) is 53.6 Å². The van der Waals surface area contributed by atoms with E-state index in [2.05, 4.69) is 17.4 Å². The van der Waals surface area contributed by atoms with E-state index in [1.807, 2.05) is 65.4 Å². The fraction of sp³-hybridized carbons (Fsp3) is 0.292. The molecule has 2 N–H and O–H groups in total. The van der Waals surface area contributed by atoms with Crippen LogP contribution in [0, 0.1) is 0 Å². The molecule has 0 radical (unpaired) electrons. The van der Waals surface area contributed by atoms with Gasteiger partial charge < -0.3 is 15.2 Å². The smallest absolute Gasteiger partial charge is 0.407 e. The highest BCUT2D eigenvalue weighted by atomic mass is 32.1. The molecule has 4 nitrogen and oxygen atoms in total. The molecule has 0 bridgehead atoms. The van der Waals surface area contributed by atoms with Gasteiger partial charge in [-0.25, -0.2) is 4.79 Å². The van der Waals surface area contributed by atoms with E-state index in [1.54, 1.807) is 11.3 Å². The maximum absolute atomic E-state index is 12.3. The van der Waals surface area contributed by atoms with Gasteiger partial charge in [-0.1, -0.05) is 60.7 Å². The lowest BCUT2D eigenvalue weighted by Gasteiger charge is -2.24. The second-order valence-corrected chi connectivity index (χ2v) is 7.87. The molecule has 3 aromatic rings. The third kappa shape index (κ3) is 7.37. The van der Waals surface area contributed by atoms with Crippen molar-refractivity contribution in [1.82, 2.24) is 5.32 Å². The highest BCUT2D eigenvalue weighted by Gasteiger charge is 2.22. The van der Waals surface area contributed by atoms with Crippen molar-refractivity contribution in [3.05, 3.63) is 94.2 Å². The number of carbonyl (C=O) groups is 1. The minimum Gasteiger partial charge on any atom is -0.445 e. The molecular formula is C24H27NO3S. The van der Waals surface area contributed by atoms with E-state index in [1.165, 1.54) is 5.56 Å². The number of thiophene rings is 1. The topological polar surface area (TPSA) is 58.6 Å². The van der Waals surface area contributed by atoms with Crippen molar-refractivity contribution in [2.24, 2.45) is 0 Å². The standard InChI is InChI=1S/C24H27NO3S/c26-23(13-7-12-19-8-3-1-4-9-19)22(16-20-10-5-2-6-11-20)25-24(27)28-17-21-14-15-29-18-21/h1-6,8-11,14-15,18,22-23,26H,7,12-13,16-17H2,(H,25,27). The zero-order chi connectivity index (χ0) is 20.3. The van der Waals surface area contributed by atoms with Crippen molar-refractivity contribution < 1.29 is 14.6 Å². The van der Waals surface area contributed by atoms with Crippen LogP contribution in [-0.4, -0.2) is 23.3 Å². The van der Waals surface area contributed by atoms with Gasteiger partial charge in [0, 0.05) is 5.56 Å². The molecule has 0 saturated carbocycles. The Bertz CT molecular complexity index is 837. The van der Waals surface area contributed by atoms with E-state index < -0.39 is 18.2 Å². The van der Waals surface area contributed by atoms with E-state index in [9.17, 15) is 9.90 Å². The summed E-state index contributed by atoms with van der Waals surface area (Å²) < 4.78 is 5.32. The van der Waals surface area contributed by atoms with Crippen molar-refractivity contribution in [1.29, 1.82) is 0 Å². The lowest BCUT2D eigenvalue weighted by atomic mass is 9.96. The van der Waals surface area contributed by atoms with Gasteiger partial charge in [0.15, 0.2) is 0 Å². The second-order valence-electron chi connectivity index (χ2n) is 7.09. The number of alkyl carbamates (subject to hydrolysis) is 1. The maximum Gasteiger partial charge on any atom is 0.407 e. The Morgan fingerprint density at radius 3 is 2.31 bits per heavy atom. The third-order valence-corrected chi connectivity index (χ3v) is 5.56. The van der Waals surface area contributed by atoms with Crippen molar-refractivity contribution in [2.45, 2.75) is 44.4 Å². The summed E-state index contributed by atoms with van der Waals surface area (Å²) in [5, 5.41) is 17.6. The molecule has 0 aliphatic heterocycles. The molecule has 2 unspecified atom stereocenters. The number of amides is 1. The largest absolute Gasteiger partial charge is 0.445 e. The van der Waals surface area contributed by atoms with Crippen LogP contribution in [0.1, 0.15) is 29.5 Å². The minimum atomic E-state index is -0.646. The predicted octanol–water partition coefficient (Wildman–Crippen LogP) is 4.97. The summed E-state index contributed by atoms with van der Waals surface area (Å²) >= 11 is 1.57. The van der Waals surface area contributed by atoms with E-state index in [-0.39, 0.29) is 6.61 Å². The van der Waals surface area contributed by atoms with Crippen LogP contribution in [0.2, 0.25) is 0 Å². The van der Waals surface area contributed by atoms with E-state index >= 15 is 0 Å². The van der Waals surface area contributed by atoms with E-state index in [0.29, 0.717) is 12.8 Å². The molecule has 2 atom stereocenters. The average molecular weight is 410 g/mol. The normalized spacial score (nSPS) is 12.9. The van der Waals surface area contributed by atoms with Crippen LogP contribution in [0.15, 0.2) is 77.5 Å². The first-order valence-corrected chi connectivity index (χ1v) is 10.9. The molecular weight excluding hydrogens is 382 g/mol. The van der Waals surface area contributed by atoms with Crippen molar-refractivity contribution in [3.63, 3.8) is 0 Å². The van der Waals surface area contributed by atoms with Gasteiger partial charge in [0.1, 0.15) is 6.61 Å². The Kier molecular flexibility index (Phi) is 8.28. The van der Waals surface area contributed by atoms with Crippen molar-refractivity contribution in [3.8, 4) is 0 Å². The molecule has 29 heavy (non-hydrogen) atoms. The Balaban J connectivity index is 1.54. The molecule has 3 rings (SSSR count). The molecule has 1 aromatic heterocycles. The lowest BCUT2D eigenvalue weighted by molar-refractivity contribution is 0.0953. The summed E-state index contributed by atoms with van der Waals surface area (Å²) in [6.45, 7) is 0.234. The van der Waals surface area contributed by atoms with Gasteiger partial charge in [-0.15, -0.1) is 0 Å². The number of hydrogen-bond acceptors (Lipinski definition) is 4. The number of ether oxygens (including phenoxy) is 1. The molecule has 0 fully saturated rings. The fourth-order valence-electron chi connectivity index (χ4n) is 3.23. The van der Waals surface area contributed by atoms with Gasteiger partial charge in [-0.3, -0.25) is 0 Å². The molecule has 2 aromatic carbocycles. The first kappa shape index (κ1) is 21.1. The van der Waals surface area contributed by atoms with E-state index in [0.717, 1.165) is 24.0 Å². The zero-order valence-corrected chi connectivity index (χ0v) is 17.2. The molecule has 1 heterocycles. The van der Waals surface area contributed by atoms with Gasteiger partial charge in [0.25, 0.3) is 0 Å². The summed E-state index contributed by atoms with van der Waals surface area (Å²) in [7, 11) is 0. The Morgan fingerprint density at radius 2 is 1.66 bits per heavy atom. The summed E-state index contributed by atoms with van der Waals surface area (Å²) in [6, 6.07) is 21.6. The Morgan fingerprint density at radius 1 is 0.966 bits per heavy atom. The number of aryl methyl sites for hydroxylation is 1. The van der Waals surface area contributed by atoms with Crippen molar-refractivity contribution in [2.75, 3.05) is 0 Å². The van der Waals surface area contributed by atoms with Crippen LogP contribution < -0.4 is 5.32 Å².